The van der Waals surface area contributed by atoms with Crippen molar-refractivity contribution in [2.45, 2.75) is 25.9 Å². The topological polar surface area (TPSA) is 92.7 Å². The normalized spacial score (nSPS) is 12.8. The van der Waals surface area contributed by atoms with Gasteiger partial charge in [0.05, 0.1) is 24.7 Å². The molecule has 1 aromatic carbocycles. The van der Waals surface area contributed by atoms with Crippen LogP contribution in [0.1, 0.15) is 31.4 Å². The van der Waals surface area contributed by atoms with Gasteiger partial charge in [-0.15, -0.1) is 0 Å². The number of esters is 1. The molecule has 0 aromatic heterocycles. The fourth-order valence-corrected chi connectivity index (χ4v) is 2.83. The lowest BCUT2D eigenvalue weighted by Gasteiger charge is -2.14. The van der Waals surface area contributed by atoms with Crippen molar-refractivity contribution in [1.29, 1.82) is 0 Å². The Morgan fingerprint density at radius 2 is 2.05 bits per heavy atom. The van der Waals surface area contributed by atoms with Gasteiger partial charge in [-0.1, -0.05) is 18.2 Å². The van der Waals surface area contributed by atoms with E-state index in [9.17, 15) is 18.3 Å². The Bertz CT molecular complexity index is 554. The highest BCUT2D eigenvalue weighted by Gasteiger charge is 2.15. The van der Waals surface area contributed by atoms with Crippen LogP contribution in [0.15, 0.2) is 24.3 Å². The molecule has 1 atom stereocenters. The average molecular weight is 301 g/mol. The molecule has 0 saturated heterocycles. The number of nitrogens with one attached hydrogen (secondary N) is 1. The molecule has 2 N–H and O–H groups in total. The number of aliphatic hydroxyl groups is 1. The first-order chi connectivity index (χ1) is 9.35. The van der Waals surface area contributed by atoms with Gasteiger partial charge in [-0.25, -0.2) is 8.42 Å². The summed E-state index contributed by atoms with van der Waals surface area (Å²) < 4.78 is 30.7. The van der Waals surface area contributed by atoms with Crippen molar-refractivity contribution in [2.24, 2.45) is 0 Å². The van der Waals surface area contributed by atoms with Crippen molar-refractivity contribution in [3.63, 3.8) is 0 Å². The molecule has 0 bridgehead atoms. The van der Waals surface area contributed by atoms with Crippen LogP contribution in [0.2, 0.25) is 0 Å². The number of hydrogen-bond acceptors (Lipinski definition) is 5. The third-order valence-electron chi connectivity index (χ3n) is 2.70. The number of carbonyl (C=O) groups is 1. The van der Waals surface area contributed by atoms with Gasteiger partial charge in [0.15, 0.2) is 0 Å². The number of sulfonamides is 1. The Balaban J connectivity index is 2.69. The maximum Gasteiger partial charge on any atom is 0.305 e. The molecule has 1 rings (SSSR count). The summed E-state index contributed by atoms with van der Waals surface area (Å²) in [5.74, 6) is -0.624. The lowest BCUT2D eigenvalue weighted by atomic mass is 10.1. The molecule has 1 unspecified atom stereocenters. The molecule has 0 radical (unpaired) electrons. The minimum atomic E-state index is -3.56. The van der Waals surface area contributed by atoms with E-state index in [0.29, 0.717) is 11.3 Å². The van der Waals surface area contributed by atoms with E-state index in [1.54, 1.807) is 31.2 Å². The van der Waals surface area contributed by atoms with Crippen LogP contribution in [0.5, 0.6) is 0 Å². The molecule has 7 heteroatoms. The van der Waals surface area contributed by atoms with E-state index in [0.717, 1.165) is 0 Å². The third-order valence-corrected chi connectivity index (χ3v) is 4.06. The van der Waals surface area contributed by atoms with Gasteiger partial charge >= 0.3 is 5.97 Å². The van der Waals surface area contributed by atoms with Gasteiger partial charge in [-0.05, 0) is 19.4 Å². The van der Waals surface area contributed by atoms with E-state index in [2.05, 4.69) is 9.46 Å². The number of benzene rings is 1. The Morgan fingerprint density at radius 3 is 2.65 bits per heavy atom. The molecule has 0 heterocycles. The van der Waals surface area contributed by atoms with Crippen LogP contribution in [0.3, 0.4) is 0 Å². The summed E-state index contributed by atoms with van der Waals surface area (Å²) >= 11 is 0. The Kier molecular flexibility index (Phi) is 5.97. The lowest BCUT2D eigenvalue weighted by Crippen LogP contribution is -2.19. The maximum atomic E-state index is 11.9. The highest BCUT2D eigenvalue weighted by atomic mass is 32.2. The summed E-state index contributed by atoms with van der Waals surface area (Å²) in [6.45, 7) is 1.56. The summed E-state index contributed by atoms with van der Waals surface area (Å²) in [5, 5.41) is 9.59. The molecule has 0 aliphatic rings. The lowest BCUT2D eigenvalue weighted by molar-refractivity contribution is -0.140. The predicted octanol–water partition coefficient (Wildman–Crippen LogP) is 1.43. The van der Waals surface area contributed by atoms with Crippen LogP contribution >= 0.6 is 0 Å². The first kappa shape index (κ1) is 16.5. The summed E-state index contributed by atoms with van der Waals surface area (Å²) in [7, 11) is -2.31. The monoisotopic (exact) mass is 301 g/mol. The number of anilines is 1. The van der Waals surface area contributed by atoms with Crippen molar-refractivity contribution >= 4 is 21.7 Å². The summed E-state index contributed by atoms with van der Waals surface area (Å²) in [4.78, 5) is 10.9. The number of methoxy groups -OCH3 is 1. The van der Waals surface area contributed by atoms with E-state index < -0.39 is 22.1 Å². The number of ether oxygens (including phenoxy) is 1. The van der Waals surface area contributed by atoms with E-state index in [-0.39, 0.29) is 18.6 Å². The highest BCUT2D eigenvalue weighted by molar-refractivity contribution is 7.92. The second-order valence-corrected chi connectivity index (χ2v) is 6.21. The van der Waals surface area contributed by atoms with E-state index >= 15 is 0 Å². The van der Waals surface area contributed by atoms with Crippen LogP contribution in [-0.2, 0) is 19.6 Å². The van der Waals surface area contributed by atoms with Crippen molar-refractivity contribution in [3.8, 4) is 0 Å². The molecule has 0 aliphatic carbocycles. The highest BCUT2D eigenvalue weighted by Crippen LogP contribution is 2.23. The molecule has 0 spiro atoms. The average Bonchev–Trinajstić information content (AvgIpc) is 2.38. The zero-order valence-electron chi connectivity index (χ0n) is 11.5. The van der Waals surface area contributed by atoms with Crippen LogP contribution in [0.25, 0.3) is 0 Å². The third kappa shape index (κ3) is 5.18. The number of rotatable bonds is 7. The largest absolute Gasteiger partial charge is 0.469 e. The molecule has 0 amide bonds. The minimum Gasteiger partial charge on any atom is -0.469 e. The molecule has 1 aromatic rings. The fourth-order valence-electron chi connectivity index (χ4n) is 1.68. The molecule has 112 valence electrons. The van der Waals surface area contributed by atoms with Gasteiger partial charge in [-0.3, -0.25) is 9.52 Å². The number of aliphatic hydroxyl groups excluding tert-OH is 1. The second-order valence-electron chi connectivity index (χ2n) is 4.36. The molecule has 20 heavy (non-hydrogen) atoms. The smallest absolute Gasteiger partial charge is 0.305 e. The predicted molar refractivity (Wildman–Crippen MR) is 75.7 cm³/mol. The van der Waals surface area contributed by atoms with Crippen LogP contribution in [-0.4, -0.2) is 32.4 Å². The van der Waals surface area contributed by atoms with Crippen molar-refractivity contribution in [3.05, 3.63) is 29.8 Å². The molecule has 0 fully saturated rings. The van der Waals surface area contributed by atoms with Crippen molar-refractivity contribution in [1.82, 2.24) is 0 Å². The van der Waals surface area contributed by atoms with Crippen LogP contribution in [0.4, 0.5) is 5.69 Å². The SMILES string of the molecule is COC(=O)CCCS(=O)(=O)Nc1ccccc1C(C)O. The molecule has 6 nitrogen and oxygen atoms in total. The van der Waals surface area contributed by atoms with Gasteiger partial charge < -0.3 is 9.84 Å². The maximum absolute atomic E-state index is 11.9. The Labute approximate surface area is 118 Å². The summed E-state index contributed by atoms with van der Waals surface area (Å²) in [6, 6.07) is 6.63. The van der Waals surface area contributed by atoms with Gasteiger partial charge in [0.2, 0.25) is 10.0 Å². The molecule has 0 saturated carbocycles. The van der Waals surface area contributed by atoms with Gasteiger partial charge in [0.25, 0.3) is 0 Å². The van der Waals surface area contributed by atoms with Crippen molar-refractivity contribution in [2.75, 3.05) is 17.6 Å². The number of hydrogen-bond donors (Lipinski definition) is 2. The van der Waals surface area contributed by atoms with E-state index in [4.69, 9.17) is 0 Å². The molecular weight excluding hydrogens is 282 g/mol. The Morgan fingerprint density at radius 1 is 1.40 bits per heavy atom. The molecule has 0 aliphatic heterocycles. The zero-order chi connectivity index (χ0) is 15.2. The van der Waals surface area contributed by atoms with Gasteiger partial charge in [0.1, 0.15) is 0 Å². The Hall–Kier alpha value is -1.60. The standard InChI is InChI=1S/C13H19NO5S/c1-10(15)11-6-3-4-7-12(11)14-20(17,18)9-5-8-13(16)19-2/h3-4,6-7,10,14-15H,5,8-9H2,1-2H3. The first-order valence-electron chi connectivity index (χ1n) is 6.20. The fraction of sp³-hybridized carbons (Fsp3) is 0.462. The summed E-state index contributed by atoms with van der Waals surface area (Å²) in [5.41, 5.74) is 0.851. The van der Waals surface area contributed by atoms with Crippen LogP contribution < -0.4 is 4.72 Å². The first-order valence-corrected chi connectivity index (χ1v) is 7.85. The number of carbonyl (C=O) groups excluding carboxylic acids is 1. The van der Waals surface area contributed by atoms with Gasteiger partial charge in [-0.2, -0.15) is 0 Å². The second kappa shape index (κ2) is 7.25. The quantitative estimate of drug-likeness (QED) is 0.743. The zero-order valence-corrected chi connectivity index (χ0v) is 12.3. The molecular formula is C13H19NO5S. The number of para-hydroxylation sites is 1. The minimum absolute atomic E-state index is 0.0511. The van der Waals surface area contributed by atoms with Gasteiger partial charge in [0, 0.05) is 12.0 Å². The summed E-state index contributed by atoms with van der Waals surface area (Å²) in [6.07, 6.45) is -0.544. The van der Waals surface area contributed by atoms with E-state index in [1.165, 1.54) is 7.11 Å². The van der Waals surface area contributed by atoms with Crippen LogP contribution in [0, 0.1) is 0 Å². The van der Waals surface area contributed by atoms with E-state index in [1.807, 2.05) is 0 Å². The van der Waals surface area contributed by atoms with Crippen molar-refractivity contribution < 1.29 is 23.1 Å².